The summed E-state index contributed by atoms with van der Waals surface area (Å²) in [5, 5.41) is 0. The molecule has 1 rings (SSSR count). The van der Waals surface area contributed by atoms with E-state index < -0.39 is 0 Å². The largest absolute Gasteiger partial charge is 3.00 e. The molecule has 0 aliphatic carbocycles. The fourth-order valence-corrected chi connectivity index (χ4v) is 0.470. The van der Waals surface area contributed by atoms with Crippen LogP contribution in [0.2, 0.25) is 0 Å². The number of rotatable bonds is 0. The predicted octanol–water partition coefficient (Wildman–Crippen LogP) is 2.61. The van der Waals surface area contributed by atoms with E-state index in [-0.39, 0.29) is 41.1 Å². The predicted molar refractivity (Wildman–Crippen MR) is 39.6 cm³/mol. The van der Waals surface area contributed by atoms with Crippen LogP contribution in [0.25, 0.3) is 0 Å². The Morgan fingerprint density at radius 3 is 2.00 bits per heavy atom. The number of hydrogen-bond donors (Lipinski definition) is 0. The van der Waals surface area contributed by atoms with E-state index in [2.05, 4.69) is 19.1 Å². The van der Waals surface area contributed by atoms with Gasteiger partial charge in [-0.25, -0.2) is 11.6 Å². The van der Waals surface area contributed by atoms with E-state index in [1.54, 1.807) is 0 Å². The average Bonchev–Trinajstić information content (AvgIpc) is 1.86. The Morgan fingerprint density at radius 1 is 1.33 bits per heavy atom. The Bertz CT molecular complexity index is 108. The maximum Gasteiger partial charge on any atom is 3.00 e. The Hall–Kier alpha value is 0.233. The van der Waals surface area contributed by atoms with Crippen molar-refractivity contribution in [2.24, 2.45) is 0 Å². The van der Waals surface area contributed by atoms with Gasteiger partial charge in [0.15, 0.2) is 0 Å². The average molecular weight is 200 g/mol. The third-order valence-electron chi connectivity index (χ3n) is 0.829. The van der Waals surface area contributed by atoms with Crippen molar-refractivity contribution in [3.8, 4) is 0 Å². The molecule has 0 N–H and O–H groups in total. The molecule has 0 nitrogen and oxygen atoms in total. The third-order valence-corrected chi connectivity index (χ3v) is 0.829. The van der Waals surface area contributed by atoms with Gasteiger partial charge in [0.2, 0.25) is 0 Å². The molecule has 0 aliphatic rings. The van der Waals surface area contributed by atoms with Gasteiger partial charge in [0.25, 0.3) is 0 Å². The van der Waals surface area contributed by atoms with Crippen LogP contribution in [-0.4, -0.2) is 0 Å². The van der Waals surface area contributed by atoms with Gasteiger partial charge in [-0.05, 0) is 0 Å². The normalized spacial score (nSPS) is 5.89. The van der Waals surface area contributed by atoms with Crippen molar-refractivity contribution in [1.29, 1.82) is 0 Å². The molecule has 0 heterocycles. The van der Waals surface area contributed by atoms with E-state index in [0.717, 1.165) is 0 Å². The number of hydrogen-bond acceptors (Lipinski definition) is 0. The van der Waals surface area contributed by atoms with Gasteiger partial charge in [0, 0.05) is 0 Å². The van der Waals surface area contributed by atoms with Crippen LogP contribution >= 0.6 is 0 Å². The molecule has 0 atom stereocenters. The van der Waals surface area contributed by atoms with Crippen LogP contribution in [0.1, 0.15) is 5.56 Å². The maximum absolute atomic E-state index is 2.08. The zero-order valence-electron chi connectivity index (χ0n) is 6.31. The monoisotopic (exact) mass is 199 g/mol. The summed E-state index contributed by atoms with van der Waals surface area (Å²) in [5.41, 5.74) is 1.34. The molecule has 49 valence electrons. The first kappa shape index (κ1) is 16.1. The van der Waals surface area contributed by atoms with Crippen LogP contribution in [0.4, 0.5) is 0 Å². The van der Waals surface area contributed by atoms with Crippen molar-refractivity contribution in [2.75, 3.05) is 0 Å². The van der Waals surface area contributed by atoms with E-state index in [1.165, 1.54) is 5.56 Å². The molecule has 1 radical (unpaired) electrons. The molecule has 0 saturated heterocycles. The van der Waals surface area contributed by atoms with Crippen molar-refractivity contribution in [2.45, 2.75) is 6.92 Å². The van der Waals surface area contributed by atoms with Gasteiger partial charge in [0.1, 0.15) is 0 Å². The fourth-order valence-electron chi connectivity index (χ4n) is 0.470. The standard InChI is InChI=1S/C6H7.2CH3.Zr/c1-6-4-2-3-5-6;;;/h2-5H,1H3;2*1H3;/q3*-1;+3. The first-order chi connectivity index (χ1) is 2.89. The van der Waals surface area contributed by atoms with Gasteiger partial charge in [-0.3, -0.25) is 0 Å². The molecule has 1 aromatic rings. The summed E-state index contributed by atoms with van der Waals surface area (Å²) >= 11 is 0. The Morgan fingerprint density at radius 2 is 1.89 bits per heavy atom. The van der Waals surface area contributed by atoms with E-state index >= 15 is 0 Å². The SMILES string of the molecule is Cc1cc[cH-]c1.[CH3-].[CH3-].[Zr+3]. The summed E-state index contributed by atoms with van der Waals surface area (Å²) in [7, 11) is 0. The van der Waals surface area contributed by atoms with Crippen molar-refractivity contribution in [1.82, 2.24) is 0 Å². The molecule has 0 fully saturated rings. The van der Waals surface area contributed by atoms with Gasteiger partial charge < -0.3 is 14.9 Å². The minimum Gasteiger partial charge on any atom is -0.358 e. The minimum atomic E-state index is 0. The first-order valence-corrected chi connectivity index (χ1v) is 2.08. The molecule has 1 aromatic carbocycles. The smallest absolute Gasteiger partial charge is 0.358 e. The molecule has 0 aliphatic heterocycles. The Labute approximate surface area is 77.8 Å². The summed E-state index contributed by atoms with van der Waals surface area (Å²) in [4.78, 5) is 0. The van der Waals surface area contributed by atoms with Gasteiger partial charge in [-0.2, -0.15) is 18.2 Å². The summed E-state index contributed by atoms with van der Waals surface area (Å²) in [6, 6.07) is 8.24. The van der Waals surface area contributed by atoms with Gasteiger partial charge in [-0.1, -0.05) is 6.92 Å². The molecular formula is C8H13Zr. The topological polar surface area (TPSA) is 0 Å². The van der Waals surface area contributed by atoms with E-state index in [9.17, 15) is 0 Å². The van der Waals surface area contributed by atoms with E-state index in [0.29, 0.717) is 0 Å². The summed E-state index contributed by atoms with van der Waals surface area (Å²) < 4.78 is 0. The second-order valence-electron chi connectivity index (χ2n) is 1.46. The summed E-state index contributed by atoms with van der Waals surface area (Å²) in [6.07, 6.45) is 0. The molecule has 0 bridgehead atoms. The van der Waals surface area contributed by atoms with Gasteiger partial charge in [-0.15, -0.1) is 0 Å². The summed E-state index contributed by atoms with van der Waals surface area (Å²) in [6.45, 7) is 2.08. The zero-order chi connectivity index (χ0) is 4.41. The van der Waals surface area contributed by atoms with Gasteiger partial charge in [0.05, 0.1) is 0 Å². The molecular weight excluding hydrogens is 187 g/mol. The molecule has 0 saturated carbocycles. The molecule has 1 heteroatoms. The molecule has 0 unspecified atom stereocenters. The minimum absolute atomic E-state index is 0. The van der Waals surface area contributed by atoms with Crippen LogP contribution in [0.5, 0.6) is 0 Å². The zero-order valence-corrected chi connectivity index (χ0v) is 8.77. The van der Waals surface area contributed by atoms with Crippen LogP contribution in [0.15, 0.2) is 24.3 Å². The second kappa shape index (κ2) is 8.23. The van der Waals surface area contributed by atoms with Crippen molar-refractivity contribution in [3.05, 3.63) is 44.7 Å². The third kappa shape index (κ3) is 6.11. The van der Waals surface area contributed by atoms with Crippen LogP contribution < -0.4 is 0 Å². The Kier molecular flexibility index (Phi) is 14.7. The van der Waals surface area contributed by atoms with Gasteiger partial charge >= 0.3 is 26.2 Å². The Balaban J connectivity index is -0.000000120. The number of aryl methyl sites for hydroxylation is 1. The molecule has 9 heavy (non-hydrogen) atoms. The van der Waals surface area contributed by atoms with Crippen molar-refractivity contribution >= 4 is 0 Å². The molecule has 0 aromatic heterocycles. The second-order valence-corrected chi connectivity index (χ2v) is 1.46. The van der Waals surface area contributed by atoms with Crippen LogP contribution in [-0.2, 0) is 26.2 Å². The van der Waals surface area contributed by atoms with Crippen LogP contribution in [0, 0.1) is 21.8 Å². The summed E-state index contributed by atoms with van der Waals surface area (Å²) in [5.74, 6) is 0. The van der Waals surface area contributed by atoms with E-state index in [4.69, 9.17) is 0 Å². The first-order valence-electron chi connectivity index (χ1n) is 2.08. The molecule has 0 amide bonds. The quantitative estimate of drug-likeness (QED) is 0.565. The van der Waals surface area contributed by atoms with E-state index in [1.807, 2.05) is 12.1 Å². The van der Waals surface area contributed by atoms with Crippen molar-refractivity contribution in [3.63, 3.8) is 0 Å². The van der Waals surface area contributed by atoms with Crippen LogP contribution in [0.3, 0.4) is 0 Å². The maximum atomic E-state index is 2.08. The fraction of sp³-hybridized carbons (Fsp3) is 0.125. The molecule has 0 spiro atoms. The van der Waals surface area contributed by atoms with Crippen molar-refractivity contribution < 1.29 is 26.2 Å².